The molecule has 0 atom stereocenters. The lowest BCUT2D eigenvalue weighted by molar-refractivity contribution is -0.384. The summed E-state index contributed by atoms with van der Waals surface area (Å²) in [6, 6.07) is 8.07. The maximum Gasteiger partial charge on any atom is 0.291 e. The summed E-state index contributed by atoms with van der Waals surface area (Å²) in [4.78, 5) is 28.2. The lowest BCUT2D eigenvalue weighted by Gasteiger charge is -2.13. The molecule has 10 nitrogen and oxygen atoms in total. The van der Waals surface area contributed by atoms with Crippen LogP contribution in [-0.2, 0) is 12.8 Å². The fourth-order valence-electron chi connectivity index (χ4n) is 3.43. The Morgan fingerprint density at radius 3 is 2.41 bits per heavy atom. The van der Waals surface area contributed by atoms with Gasteiger partial charge in [-0.15, -0.1) is 5.10 Å². The van der Waals surface area contributed by atoms with Gasteiger partial charge in [0.25, 0.3) is 11.2 Å². The third-order valence-corrected chi connectivity index (χ3v) is 6.33. The zero-order valence-electron chi connectivity index (χ0n) is 18.4. The van der Waals surface area contributed by atoms with E-state index in [0.29, 0.717) is 51.0 Å². The first-order valence-electron chi connectivity index (χ1n) is 9.97. The van der Waals surface area contributed by atoms with Crippen LogP contribution < -0.4 is 24.3 Å². The monoisotopic (exact) mass is 502 g/mol. The highest BCUT2D eigenvalue weighted by molar-refractivity contribution is 7.15. The maximum absolute atomic E-state index is 12.8. The first kappa shape index (κ1) is 23.5. The molecule has 0 radical (unpaired) electrons. The average molecular weight is 503 g/mol. The van der Waals surface area contributed by atoms with Crippen molar-refractivity contribution in [3.05, 3.63) is 77.3 Å². The summed E-state index contributed by atoms with van der Waals surface area (Å²) in [5, 5.41) is 15.5. The molecule has 4 rings (SSSR count). The molecule has 4 aromatic rings. The normalized spacial score (nSPS) is 11.7. The van der Waals surface area contributed by atoms with Crippen LogP contribution in [0.5, 0.6) is 17.2 Å². The van der Waals surface area contributed by atoms with Crippen LogP contribution in [0.25, 0.3) is 11.0 Å². The highest BCUT2D eigenvalue weighted by atomic mass is 35.5. The molecule has 12 heteroatoms. The molecule has 176 valence electrons. The fraction of sp³-hybridized carbons (Fsp3) is 0.227. The number of nitrogens with zero attached hydrogens (tertiary/aromatic N) is 4. The number of nitro groups is 1. The molecule has 2 aromatic heterocycles. The summed E-state index contributed by atoms with van der Waals surface area (Å²) < 4.78 is 17.7. The van der Waals surface area contributed by atoms with Gasteiger partial charge in [-0.1, -0.05) is 29.0 Å². The Balaban J connectivity index is 1.59. The van der Waals surface area contributed by atoms with E-state index in [4.69, 9.17) is 25.8 Å². The van der Waals surface area contributed by atoms with E-state index in [9.17, 15) is 14.9 Å². The van der Waals surface area contributed by atoms with Crippen molar-refractivity contribution in [2.75, 3.05) is 21.3 Å². The predicted octanol–water partition coefficient (Wildman–Crippen LogP) is 3.07. The third-order valence-electron chi connectivity index (χ3n) is 5.05. The SMILES string of the molecule is COc1cc(CCc2nc3s/c(=C\c4ccc(Cl)c([N+](=O)[O-])c4)c(=O)n3n2)cc(OC)c1OC. The molecule has 0 aliphatic carbocycles. The highest BCUT2D eigenvalue weighted by Gasteiger charge is 2.16. The van der Waals surface area contributed by atoms with Crippen molar-refractivity contribution >= 4 is 39.7 Å². The van der Waals surface area contributed by atoms with E-state index in [0.717, 1.165) is 16.9 Å². The first-order valence-corrected chi connectivity index (χ1v) is 11.2. The molecule has 0 fully saturated rings. The minimum Gasteiger partial charge on any atom is -0.493 e. The van der Waals surface area contributed by atoms with E-state index in [2.05, 4.69) is 10.1 Å². The molecule has 0 saturated carbocycles. The Morgan fingerprint density at radius 2 is 1.82 bits per heavy atom. The van der Waals surface area contributed by atoms with Crippen LogP contribution in [0.4, 0.5) is 5.69 Å². The maximum atomic E-state index is 12.8. The Morgan fingerprint density at radius 1 is 1.12 bits per heavy atom. The number of methoxy groups -OCH3 is 3. The lowest BCUT2D eigenvalue weighted by atomic mass is 10.1. The standard InChI is InChI=1S/C22H19ClN4O6S/c1-31-16-9-13(10-17(32-2)20(16)33-3)5-7-19-24-22-26(25-19)21(28)18(34-22)11-12-4-6-14(23)15(8-12)27(29)30/h4,6,8-11H,5,7H2,1-3H3/b18-11-. The first-order chi connectivity index (χ1) is 16.3. The number of hydrogen-bond donors (Lipinski definition) is 0. The van der Waals surface area contributed by atoms with Crippen molar-refractivity contribution in [3.63, 3.8) is 0 Å². The minimum atomic E-state index is -0.569. The minimum absolute atomic E-state index is 0.0314. The molecule has 0 unspecified atom stereocenters. The number of thiazole rings is 1. The van der Waals surface area contributed by atoms with Gasteiger partial charge in [0.05, 0.1) is 30.8 Å². The van der Waals surface area contributed by atoms with Gasteiger partial charge in [-0.25, -0.2) is 4.98 Å². The van der Waals surface area contributed by atoms with Gasteiger partial charge in [-0.05, 0) is 41.8 Å². The predicted molar refractivity (Wildman–Crippen MR) is 128 cm³/mol. The Bertz CT molecular complexity index is 1470. The van der Waals surface area contributed by atoms with Gasteiger partial charge in [0.15, 0.2) is 17.3 Å². The second-order valence-corrected chi connectivity index (χ2v) is 8.56. The fourth-order valence-corrected chi connectivity index (χ4v) is 4.54. The van der Waals surface area contributed by atoms with Crippen LogP contribution in [0.1, 0.15) is 17.0 Å². The molecule has 0 aliphatic heterocycles. The molecule has 2 heterocycles. The smallest absolute Gasteiger partial charge is 0.291 e. The number of rotatable bonds is 8. The van der Waals surface area contributed by atoms with E-state index in [1.165, 1.54) is 16.6 Å². The summed E-state index contributed by atoms with van der Waals surface area (Å²) in [5.74, 6) is 2.14. The number of benzene rings is 2. The highest BCUT2D eigenvalue weighted by Crippen LogP contribution is 2.38. The second kappa shape index (κ2) is 9.65. The summed E-state index contributed by atoms with van der Waals surface area (Å²) in [5.41, 5.74) is 0.856. The third kappa shape index (κ3) is 4.52. The van der Waals surface area contributed by atoms with Gasteiger partial charge in [0.1, 0.15) is 5.02 Å². The van der Waals surface area contributed by atoms with Crippen LogP contribution in [0.15, 0.2) is 35.1 Å². The molecule has 0 aliphatic rings. The van der Waals surface area contributed by atoms with E-state index >= 15 is 0 Å². The summed E-state index contributed by atoms with van der Waals surface area (Å²) in [7, 11) is 4.65. The van der Waals surface area contributed by atoms with Gasteiger partial charge >= 0.3 is 0 Å². The van der Waals surface area contributed by atoms with Gasteiger partial charge in [-0.2, -0.15) is 4.52 Å². The summed E-state index contributed by atoms with van der Waals surface area (Å²) >= 11 is 7.01. The number of nitro benzene ring substituents is 1. The molecule has 0 bridgehead atoms. The molecular weight excluding hydrogens is 484 g/mol. The van der Waals surface area contributed by atoms with Crippen molar-refractivity contribution in [3.8, 4) is 17.2 Å². The van der Waals surface area contributed by atoms with Crippen molar-refractivity contribution < 1.29 is 19.1 Å². The van der Waals surface area contributed by atoms with Crippen molar-refractivity contribution in [2.24, 2.45) is 0 Å². The van der Waals surface area contributed by atoms with Crippen molar-refractivity contribution in [1.29, 1.82) is 0 Å². The average Bonchev–Trinajstić information content (AvgIpc) is 3.36. The molecule has 0 N–H and O–H groups in total. The summed E-state index contributed by atoms with van der Waals surface area (Å²) in [6.45, 7) is 0. The molecule has 0 amide bonds. The number of halogens is 1. The van der Waals surface area contributed by atoms with Crippen LogP contribution in [0, 0.1) is 10.1 Å². The molecule has 34 heavy (non-hydrogen) atoms. The van der Waals surface area contributed by atoms with Crippen molar-refractivity contribution in [2.45, 2.75) is 12.8 Å². The second-order valence-electron chi connectivity index (χ2n) is 7.14. The topological polar surface area (TPSA) is 118 Å². The molecule has 2 aromatic carbocycles. The van der Waals surface area contributed by atoms with Crippen molar-refractivity contribution in [1.82, 2.24) is 14.6 Å². The lowest BCUT2D eigenvalue weighted by Crippen LogP contribution is -2.23. The number of aryl methyl sites for hydroxylation is 2. The number of ether oxygens (including phenoxy) is 3. The number of hydrogen-bond acceptors (Lipinski definition) is 9. The van der Waals surface area contributed by atoms with Gasteiger partial charge in [0.2, 0.25) is 10.7 Å². The Labute approximate surface area is 202 Å². The van der Waals surface area contributed by atoms with Crippen LogP contribution in [-0.4, -0.2) is 40.9 Å². The molecule has 0 spiro atoms. The van der Waals surface area contributed by atoms with Crippen LogP contribution in [0.2, 0.25) is 5.02 Å². The van der Waals surface area contributed by atoms with Crippen LogP contribution in [0.3, 0.4) is 0 Å². The quantitative estimate of drug-likeness (QED) is 0.266. The largest absolute Gasteiger partial charge is 0.493 e. The summed E-state index contributed by atoms with van der Waals surface area (Å²) in [6.07, 6.45) is 2.65. The molecular formula is C22H19ClN4O6S. The van der Waals surface area contributed by atoms with Gasteiger partial charge < -0.3 is 14.2 Å². The van der Waals surface area contributed by atoms with E-state index in [1.807, 2.05) is 12.1 Å². The van der Waals surface area contributed by atoms with E-state index in [1.54, 1.807) is 33.5 Å². The van der Waals surface area contributed by atoms with Gasteiger partial charge in [-0.3, -0.25) is 14.9 Å². The Hall–Kier alpha value is -3.70. The zero-order valence-corrected chi connectivity index (χ0v) is 20.0. The number of aromatic nitrogens is 3. The van der Waals surface area contributed by atoms with E-state index in [-0.39, 0.29) is 16.3 Å². The molecule has 0 saturated heterocycles. The zero-order chi connectivity index (χ0) is 24.4. The Kier molecular flexibility index (Phi) is 6.66. The number of fused-ring (bicyclic) bond motifs is 1. The van der Waals surface area contributed by atoms with Crippen LogP contribution >= 0.6 is 22.9 Å². The van der Waals surface area contributed by atoms with E-state index < -0.39 is 4.92 Å². The van der Waals surface area contributed by atoms with Gasteiger partial charge in [0, 0.05) is 12.5 Å².